The number of aliphatic hydroxyl groups excluding tert-OH is 1. The molecule has 0 radical (unpaired) electrons. The summed E-state index contributed by atoms with van der Waals surface area (Å²) in [4.78, 5) is 2.05. The van der Waals surface area contributed by atoms with Gasteiger partial charge in [-0.25, -0.2) is 4.39 Å². The second-order valence-electron chi connectivity index (χ2n) is 11.0. The molecule has 188 valence electrons. The van der Waals surface area contributed by atoms with Crippen LogP contribution in [0.5, 0.6) is 5.75 Å². The second kappa shape index (κ2) is 10.7. The van der Waals surface area contributed by atoms with Gasteiger partial charge in [0.1, 0.15) is 0 Å². The molecule has 0 saturated heterocycles. The third-order valence-corrected chi connectivity index (χ3v) is 8.67. The van der Waals surface area contributed by atoms with Crippen molar-refractivity contribution in [3.05, 3.63) is 71.6 Å². The van der Waals surface area contributed by atoms with Gasteiger partial charge in [0.05, 0.1) is 6.10 Å². The molecule has 4 unspecified atom stereocenters. The molecule has 3 aliphatic rings. The molecule has 3 nitrogen and oxygen atoms in total. The average Bonchev–Trinajstić information content (AvgIpc) is 3.20. The standard InChI is InChI=1S/C31H40FNO2/c1-2-23-9-8-11-26(15-13-23)35-29-16-14-24(21-27(29)32)30(34)33-20-19-31(17-6-3-7-18-31)22-25-10-4-5-12-28(25)33/h4-6,10,12,14,16-17,21,23,26,30,34H,2-3,7-9,11,13,15,18-20,22H2,1H3. The van der Waals surface area contributed by atoms with E-state index in [0.29, 0.717) is 11.3 Å². The summed E-state index contributed by atoms with van der Waals surface area (Å²) in [7, 11) is 0. The summed E-state index contributed by atoms with van der Waals surface area (Å²) >= 11 is 0. The molecule has 1 spiro atoms. The molecule has 1 saturated carbocycles. The summed E-state index contributed by atoms with van der Waals surface area (Å²) in [6, 6.07) is 13.4. The number of rotatable bonds is 5. The Morgan fingerprint density at radius 3 is 2.77 bits per heavy atom. The molecule has 0 amide bonds. The molecule has 1 aliphatic heterocycles. The number of benzene rings is 2. The fourth-order valence-electron chi connectivity index (χ4n) is 6.47. The van der Waals surface area contributed by atoms with Crippen LogP contribution in [0.1, 0.15) is 88.5 Å². The fraction of sp³-hybridized carbons (Fsp3) is 0.548. The van der Waals surface area contributed by atoms with Gasteiger partial charge in [-0.1, -0.05) is 56.2 Å². The lowest BCUT2D eigenvalue weighted by Crippen LogP contribution is -2.31. The highest BCUT2D eigenvalue weighted by Gasteiger charge is 2.35. The minimum absolute atomic E-state index is 0.0778. The SMILES string of the molecule is CCC1CCCC(Oc2ccc(C(O)N3CCC4(C=CCCC4)Cc4ccccc43)cc2F)CC1. The number of ether oxygens (including phenoxy) is 1. The van der Waals surface area contributed by atoms with E-state index in [9.17, 15) is 5.11 Å². The van der Waals surface area contributed by atoms with Gasteiger partial charge < -0.3 is 14.7 Å². The van der Waals surface area contributed by atoms with E-state index >= 15 is 4.39 Å². The molecule has 0 aromatic heterocycles. The number of anilines is 1. The highest BCUT2D eigenvalue weighted by Crippen LogP contribution is 2.44. The van der Waals surface area contributed by atoms with E-state index in [2.05, 4.69) is 42.2 Å². The van der Waals surface area contributed by atoms with Crippen molar-refractivity contribution in [3.63, 3.8) is 0 Å². The van der Waals surface area contributed by atoms with Crippen LogP contribution in [0, 0.1) is 17.2 Å². The van der Waals surface area contributed by atoms with E-state index in [1.54, 1.807) is 6.07 Å². The van der Waals surface area contributed by atoms with E-state index in [1.165, 1.54) is 37.3 Å². The average molecular weight is 478 g/mol. The van der Waals surface area contributed by atoms with Gasteiger partial charge in [0.2, 0.25) is 0 Å². The zero-order chi connectivity index (χ0) is 24.3. The van der Waals surface area contributed by atoms with Gasteiger partial charge in [0.15, 0.2) is 17.8 Å². The van der Waals surface area contributed by atoms with Gasteiger partial charge in [-0.2, -0.15) is 0 Å². The number of allylic oxidation sites excluding steroid dienone is 2. The first-order valence-corrected chi connectivity index (χ1v) is 13.7. The summed E-state index contributed by atoms with van der Waals surface area (Å²) in [6.45, 7) is 2.99. The van der Waals surface area contributed by atoms with E-state index in [-0.39, 0.29) is 17.3 Å². The van der Waals surface area contributed by atoms with Crippen molar-refractivity contribution < 1.29 is 14.2 Å². The largest absolute Gasteiger partial charge is 0.487 e. The molecule has 5 rings (SSSR count). The van der Waals surface area contributed by atoms with Gasteiger partial charge in [0, 0.05) is 17.8 Å². The molecule has 0 bridgehead atoms. The number of hydrogen-bond acceptors (Lipinski definition) is 3. The predicted molar refractivity (Wildman–Crippen MR) is 140 cm³/mol. The Kier molecular flexibility index (Phi) is 7.48. The van der Waals surface area contributed by atoms with Crippen LogP contribution in [0.2, 0.25) is 0 Å². The number of aliphatic hydroxyl groups is 1. The highest BCUT2D eigenvalue weighted by atomic mass is 19.1. The van der Waals surface area contributed by atoms with Crippen LogP contribution in [0.3, 0.4) is 0 Å². The lowest BCUT2D eigenvalue weighted by molar-refractivity contribution is 0.164. The molecule has 2 aromatic rings. The molecular formula is C31H40FNO2. The Labute approximate surface area is 210 Å². The van der Waals surface area contributed by atoms with Crippen LogP contribution >= 0.6 is 0 Å². The maximum Gasteiger partial charge on any atom is 0.165 e. The fourth-order valence-corrected chi connectivity index (χ4v) is 6.47. The van der Waals surface area contributed by atoms with Crippen LogP contribution in [0.15, 0.2) is 54.6 Å². The first-order chi connectivity index (χ1) is 17.1. The molecule has 4 heteroatoms. The molecule has 1 N–H and O–H groups in total. The monoisotopic (exact) mass is 477 g/mol. The summed E-state index contributed by atoms with van der Waals surface area (Å²) in [5.74, 6) is 0.696. The number of fused-ring (bicyclic) bond motifs is 1. The van der Waals surface area contributed by atoms with Crippen LogP contribution in [-0.4, -0.2) is 17.8 Å². The van der Waals surface area contributed by atoms with E-state index in [0.717, 1.165) is 63.1 Å². The molecule has 4 atom stereocenters. The first kappa shape index (κ1) is 24.4. The Hall–Kier alpha value is -2.33. The lowest BCUT2D eigenvalue weighted by Gasteiger charge is -2.33. The second-order valence-corrected chi connectivity index (χ2v) is 11.0. The van der Waals surface area contributed by atoms with E-state index in [1.807, 2.05) is 12.1 Å². The number of halogens is 1. The van der Waals surface area contributed by atoms with Gasteiger partial charge >= 0.3 is 0 Å². The predicted octanol–water partition coefficient (Wildman–Crippen LogP) is 7.73. The van der Waals surface area contributed by atoms with Gasteiger partial charge in [-0.15, -0.1) is 0 Å². The maximum atomic E-state index is 15.2. The summed E-state index contributed by atoms with van der Waals surface area (Å²) in [5, 5.41) is 11.4. The van der Waals surface area contributed by atoms with Gasteiger partial charge in [-0.3, -0.25) is 0 Å². The number of hydrogen-bond donors (Lipinski definition) is 1. The van der Waals surface area contributed by atoms with Crippen LogP contribution < -0.4 is 9.64 Å². The maximum absolute atomic E-state index is 15.2. The topological polar surface area (TPSA) is 32.7 Å². The zero-order valence-electron chi connectivity index (χ0n) is 21.1. The third kappa shape index (κ3) is 5.43. The Morgan fingerprint density at radius 1 is 1.09 bits per heavy atom. The van der Waals surface area contributed by atoms with Gasteiger partial charge in [-0.05, 0) is 92.9 Å². The number of nitrogens with zero attached hydrogens (tertiary/aromatic N) is 1. The van der Waals surface area contributed by atoms with Crippen LogP contribution in [0.4, 0.5) is 10.1 Å². The molecule has 35 heavy (non-hydrogen) atoms. The minimum atomic E-state index is -0.898. The van der Waals surface area contributed by atoms with Crippen molar-refractivity contribution >= 4 is 5.69 Å². The lowest BCUT2D eigenvalue weighted by atomic mass is 9.72. The molecule has 1 heterocycles. The van der Waals surface area contributed by atoms with Crippen molar-refractivity contribution in [3.8, 4) is 5.75 Å². The normalized spacial score (nSPS) is 27.7. The third-order valence-electron chi connectivity index (χ3n) is 8.67. The van der Waals surface area contributed by atoms with Gasteiger partial charge in [0.25, 0.3) is 0 Å². The van der Waals surface area contributed by atoms with Crippen molar-refractivity contribution in [2.24, 2.45) is 11.3 Å². The van der Waals surface area contributed by atoms with Crippen molar-refractivity contribution in [2.45, 2.75) is 89.9 Å². The highest BCUT2D eigenvalue weighted by molar-refractivity contribution is 5.56. The molecule has 2 aliphatic carbocycles. The summed E-state index contributed by atoms with van der Waals surface area (Å²) < 4.78 is 21.3. The minimum Gasteiger partial charge on any atom is -0.487 e. The van der Waals surface area contributed by atoms with Crippen molar-refractivity contribution in [1.82, 2.24) is 0 Å². The van der Waals surface area contributed by atoms with E-state index in [4.69, 9.17) is 4.74 Å². The van der Waals surface area contributed by atoms with Crippen LogP contribution in [0.25, 0.3) is 0 Å². The van der Waals surface area contributed by atoms with Crippen LogP contribution in [-0.2, 0) is 6.42 Å². The Balaban J connectivity index is 1.33. The molecule has 2 aromatic carbocycles. The van der Waals surface area contributed by atoms with Crippen molar-refractivity contribution in [2.75, 3.05) is 11.4 Å². The summed E-state index contributed by atoms with van der Waals surface area (Å²) in [6.07, 6.45) is 16.2. The van der Waals surface area contributed by atoms with Crippen molar-refractivity contribution in [1.29, 1.82) is 0 Å². The first-order valence-electron chi connectivity index (χ1n) is 13.7. The molecule has 1 fully saturated rings. The Morgan fingerprint density at radius 2 is 1.97 bits per heavy atom. The smallest absolute Gasteiger partial charge is 0.165 e. The number of para-hydroxylation sites is 1. The Bertz CT molecular complexity index is 1040. The quantitative estimate of drug-likeness (QED) is 0.353. The van der Waals surface area contributed by atoms with E-state index < -0.39 is 6.23 Å². The molecular weight excluding hydrogens is 437 g/mol. The zero-order valence-corrected chi connectivity index (χ0v) is 21.1. The summed E-state index contributed by atoms with van der Waals surface area (Å²) in [5.41, 5.74) is 3.04.